The first-order chi connectivity index (χ1) is 15.0. The molecule has 8 nitrogen and oxygen atoms in total. The Morgan fingerprint density at radius 1 is 1.19 bits per heavy atom. The van der Waals surface area contributed by atoms with Gasteiger partial charge in [0.05, 0.1) is 43.3 Å². The smallest absolute Gasteiger partial charge is 0.253 e. The maximum Gasteiger partial charge on any atom is 0.253 e. The number of amides is 1. The molecule has 8 heteroatoms. The van der Waals surface area contributed by atoms with Crippen LogP contribution in [0.5, 0.6) is 5.75 Å². The number of aryl methyl sites for hydroxylation is 3. The molecule has 3 heterocycles. The van der Waals surface area contributed by atoms with Crippen molar-refractivity contribution in [3.8, 4) is 5.75 Å². The van der Waals surface area contributed by atoms with Crippen molar-refractivity contribution in [2.75, 3.05) is 40.0 Å². The second-order valence-corrected chi connectivity index (χ2v) is 7.85. The lowest BCUT2D eigenvalue weighted by Crippen LogP contribution is -2.43. The van der Waals surface area contributed by atoms with Crippen molar-refractivity contribution in [1.82, 2.24) is 25.0 Å². The molecule has 0 spiro atoms. The van der Waals surface area contributed by atoms with Gasteiger partial charge in [0.1, 0.15) is 5.75 Å². The Kier molecular flexibility index (Phi) is 6.20. The molecule has 0 saturated carbocycles. The Morgan fingerprint density at radius 3 is 2.58 bits per heavy atom. The summed E-state index contributed by atoms with van der Waals surface area (Å²) in [7, 11) is 3.52. The van der Waals surface area contributed by atoms with E-state index in [1.807, 2.05) is 39.1 Å². The number of nitrogens with zero attached hydrogens (tertiary/aromatic N) is 4. The van der Waals surface area contributed by atoms with Crippen LogP contribution in [0.2, 0.25) is 0 Å². The van der Waals surface area contributed by atoms with Crippen molar-refractivity contribution in [3.63, 3.8) is 0 Å². The van der Waals surface area contributed by atoms with Crippen LogP contribution in [0.3, 0.4) is 0 Å². The summed E-state index contributed by atoms with van der Waals surface area (Å²) in [6, 6.07) is 9.98. The minimum Gasteiger partial charge on any atom is -0.497 e. The van der Waals surface area contributed by atoms with Crippen molar-refractivity contribution in [2.24, 2.45) is 7.05 Å². The van der Waals surface area contributed by atoms with Gasteiger partial charge < -0.3 is 14.8 Å². The molecule has 2 aromatic heterocycles. The molecule has 0 unspecified atom stereocenters. The number of carbonyl (C=O) groups excluding carboxylic acids is 1. The highest BCUT2D eigenvalue weighted by Gasteiger charge is 2.24. The van der Waals surface area contributed by atoms with Crippen LogP contribution in [0.25, 0.3) is 11.0 Å². The summed E-state index contributed by atoms with van der Waals surface area (Å²) in [5.74, 6) is 0.692. The zero-order valence-electron chi connectivity index (χ0n) is 18.5. The van der Waals surface area contributed by atoms with E-state index in [2.05, 4.69) is 32.4 Å². The number of methoxy groups -OCH3 is 1. The van der Waals surface area contributed by atoms with Crippen molar-refractivity contribution < 1.29 is 14.3 Å². The van der Waals surface area contributed by atoms with E-state index < -0.39 is 0 Å². The SMILES string of the molecule is COc1ccc([C@H](CNC(=O)c2cc3c(C)nn(C)c3nc2C)N2CCOCC2)cc1. The summed E-state index contributed by atoms with van der Waals surface area (Å²) >= 11 is 0. The Morgan fingerprint density at radius 2 is 1.90 bits per heavy atom. The fourth-order valence-electron chi connectivity index (χ4n) is 4.12. The predicted molar refractivity (Wildman–Crippen MR) is 118 cm³/mol. The first kappa shape index (κ1) is 21.3. The molecule has 164 valence electrons. The molecule has 0 aliphatic carbocycles. The molecule has 1 atom stereocenters. The molecule has 1 aliphatic heterocycles. The van der Waals surface area contributed by atoms with Gasteiger partial charge in [-0.2, -0.15) is 5.10 Å². The molecule has 4 rings (SSSR count). The predicted octanol–water partition coefficient (Wildman–Crippen LogP) is 2.40. The number of morpholine rings is 1. The largest absolute Gasteiger partial charge is 0.497 e. The van der Waals surface area contributed by atoms with E-state index in [4.69, 9.17) is 9.47 Å². The molecule has 1 aliphatic rings. The van der Waals surface area contributed by atoms with E-state index >= 15 is 0 Å². The summed E-state index contributed by atoms with van der Waals surface area (Å²) in [5, 5.41) is 8.45. The van der Waals surface area contributed by atoms with Crippen LogP contribution in [0.15, 0.2) is 30.3 Å². The van der Waals surface area contributed by atoms with E-state index in [0.29, 0.717) is 31.0 Å². The summed E-state index contributed by atoms with van der Waals surface area (Å²) in [4.78, 5) is 20.1. The Labute approximate surface area is 182 Å². The molecule has 1 aromatic carbocycles. The summed E-state index contributed by atoms with van der Waals surface area (Å²) < 4.78 is 12.6. The maximum absolute atomic E-state index is 13.1. The zero-order valence-corrected chi connectivity index (χ0v) is 18.5. The maximum atomic E-state index is 13.1. The molecule has 31 heavy (non-hydrogen) atoms. The van der Waals surface area contributed by atoms with Gasteiger partial charge in [-0.3, -0.25) is 14.4 Å². The first-order valence-electron chi connectivity index (χ1n) is 10.5. The topological polar surface area (TPSA) is 81.5 Å². The lowest BCUT2D eigenvalue weighted by molar-refractivity contribution is 0.0162. The average Bonchev–Trinajstić information content (AvgIpc) is 3.06. The van der Waals surface area contributed by atoms with E-state index in [1.54, 1.807) is 11.8 Å². The number of rotatable bonds is 6. The second kappa shape index (κ2) is 9.03. The third-order valence-corrected chi connectivity index (χ3v) is 5.88. The highest BCUT2D eigenvalue weighted by Crippen LogP contribution is 2.24. The average molecular weight is 424 g/mol. The van der Waals surface area contributed by atoms with E-state index in [0.717, 1.165) is 41.1 Å². The molecule has 1 fully saturated rings. The van der Waals surface area contributed by atoms with Gasteiger partial charge in [0.2, 0.25) is 0 Å². The summed E-state index contributed by atoms with van der Waals surface area (Å²) in [6.07, 6.45) is 0. The van der Waals surface area contributed by atoms with Gasteiger partial charge in [0.25, 0.3) is 5.91 Å². The van der Waals surface area contributed by atoms with Gasteiger partial charge >= 0.3 is 0 Å². The fourth-order valence-corrected chi connectivity index (χ4v) is 4.12. The van der Waals surface area contributed by atoms with Crippen molar-refractivity contribution in [1.29, 1.82) is 0 Å². The number of pyridine rings is 1. The van der Waals surface area contributed by atoms with Gasteiger partial charge in [-0.1, -0.05) is 12.1 Å². The van der Waals surface area contributed by atoms with Crippen LogP contribution in [0.1, 0.15) is 33.4 Å². The number of hydrogen-bond donors (Lipinski definition) is 1. The first-order valence-corrected chi connectivity index (χ1v) is 10.5. The molecular formula is C23H29N5O3. The molecule has 0 radical (unpaired) electrons. The number of nitrogens with one attached hydrogen (secondary N) is 1. The normalized spacial score (nSPS) is 15.7. The second-order valence-electron chi connectivity index (χ2n) is 7.85. The van der Waals surface area contributed by atoms with E-state index in [9.17, 15) is 4.79 Å². The number of carbonyl (C=O) groups is 1. The van der Waals surface area contributed by atoms with Crippen LogP contribution >= 0.6 is 0 Å². The number of aromatic nitrogens is 3. The molecule has 0 bridgehead atoms. The number of fused-ring (bicyclic) bond motifs is 1. The number of hydrogen-bond acceptors (Lipinski definition) is 6. The van der Waals surface area contributed by atoms with Crippen molar-refractivity contribution in [3.05, 3.63) is 52.8 Å². The minimum absolute atomic E-state index is 0.0517. The van der Waals surface area contributed by atoms with Gasteiger partial charge in [-0.15, -0.1) is 0 Å². The van der Waals surface area contributed by atoms with Gasteiger partial charge in [0, 0.05) is 32.1 Å². The zero-order chi connectivity index (χ0) is 22.0. The summed E-state index contributed by atoms with van der Waals surface area (Å²) in [5.41, 5.74) is 4.07. The highest BCUT2D eigenvalue weighted by atomic mass is 16.5. The van der Waals surface area contributed by atoms with Crippen molar-refractivity contribution >= 4 is 16.9 Å². The molecule has 3 aromatic rings. The third kappa shape index (κ3) is 4.40. The third-order valence-electron chi connectivity index (χ3n) is 5.88. The molecule has 1 N–H and O–H groups in total. The van der Waals surface area contributed by atoms with Crippen LogP contribution in [0, 0.1) is 13.8 Å². The van der Waals surface area contributed by atoms with E-state index in [1.165, 1.54) is 0 Å². The highest BCUT2D eigenvalue weighted by molar-refractivity contribution is 5.98. The van der Waals surface area contributed by atoms with E-state index in [-0.39, 0.29) is 11.9 Å². The monoisotopic (exact) mass is 423 g/mol. The van der Waals surface area contributed by atoms with Gasteiger partial charge in [0.15, 0.2) is 5.65 Å². The van der Waals surface area contributed by atoms with Crippen LogP contribution in [-0.2, 0) is 11.8 Å². The van der Waals surface area contributed by atoms with Crippen LogP contribution < -0.4 is 10.1 Å². The lowest BCUT2D eigenvalue weighted by Gasteiger charge is -2.35. The molecule has 1 saturated heterocycles. The van der Waals surface area contributed by atoms with Gasteiger partial charge in [-0.25, -0.2) is 4.98 Å². The fraction of sp³-hybridized carbons (Fsp3) is 0.435. The number of ether oxygens (including phenoxy) is 2. The minimum atomic E-state index is -0.123. The molecule has 1 amide bonds. The molecular weight excluding hydrogens is 394 g/mol. The lowest BCUT2D eigenvalue weighted by atomic mass is 10.0. The quantitative estimate of drug-likeness (QED) is 0.656. The summed E-state index contributed by atoms with van der Waals surface area (Å²) in [6.45, 7) is 7.33. The van der Waals surface area contributed by atoms with Crippen LogP contribution in [0.4, 0.5) is 0 Å². The Bertz CT molecular complexity index is 1070. The Balaban J connectivity index is 1.56. The standard InChI is InChI=1S/C23H29N5O3/c1-15-20(13-19-16(2)26-27(3)22(19)25-15)23(29)24-14-21(28-9-11-31-12-10-28)17-5-7-18(30-4)8-6-17/h5-8,13,21H,9-12,14H2,1-4H3,(H,24,29)/t21-/m0/s1. The van der Waals surface area contributed by atoms with Crippen LogP contribution in [-0.4, -0.2) is 65.5 Å². The van der Waals surface area contributed by atoms with Crippen molar-refractivity contribution in [2.45, 2.75) is 19.9 Å². The Hall–Kier alpha value is -2.97. The van der Waals surface area contributed by atoms with Gasteiger partial charge in [-0.05, 0) is 37.6 Å². The number of benzene rings is 1.